The summed E-state index contributed by atoms with van der Waals surface area (Å²) in [5.41, 5.74) is 2.38. The number of fused-ring (bicyclic) bond motifs is 1. The highest BCUT2D eigenvalue weighted by molar-refractivity contribution is 14.0. The number of hydrogen-bond acceptors (Lipinski definition) is 5. The molecule has 5 rings (SSSR count). The van der Waals surface area contributed by atoms with Crippen molar-refractivity contribution in [1.82, 2.24) is 20.5 Å². The number of halogens is 1. The van der Waals surface area contributed by atoms with Gasteiger partial charge in [0.2, 0.25) is 0 Å². The van der Waals surface area contributed by atoms with Crippen molar-refractivity contribution in [2.75, 3.05) is 45.2 Å². The fraction of sp³-hybridized carbons (Fsp3) is 0.538. The Kier molecular flexibility index (Phi) is 8.18. The molecule has 1 aromatic heterocycles. The Morgan fingerprint density at radius 2 is 1.88 bits per heavy atom. The molecular formula is C26H37IN6O. The molecule has 1 unspecified atom stereocenters. The van der Waals surface area contributed by atoms with Gasteiger partial charge in [-0.2, -0.15) is 0 Å². The summed E-state index contributed by atoms with van der Waals surface area (Å²) in [6.07, 6.45) is 7.63. The van der Waals surface area contributed by atoms with E-state index in [0.717, 1.165) is 63.0 Å². The molecule has 7 nitrogen and oxygen atoms in total. The predicted octanol–water partition coefficient (Wildman–Crippen LogP) is 3.95. The molecule has 1 spiro atoms. The summed E-state index contributed by atoms with van der Waals surface area (Å²) in [6, 6.07) is 12.8. The van der Waals surface area contributed by atoms with Crippen LogP contribution in [0.5, 0.6) is 5.75 Å². The lowest BCUT2D eigenvalue weighted by atomic mass is 9.86. The lowest BCUT2D eigenvalue weighted by Gasteiger charge is -2.40. The van der Waals surface area contributed by atoms with Gasteiger partial charge in [0.05, 0.1) is 6.04 Å². The molecule has 8 heteroatoms. The lowest BCUT2D eigenvalue weighted by Crippen LogP contribution is -2.47. The summed E-state index contributed by atoms with van der Waals surface area (Å²) >= 11 is 0. The van der Waals surface area contributed by atoms with Crippen molar-refractivity contribution < 1.29 is 4.74 Å². The molecule has 2 fully saturated rings. The monoisotopic (exact) mass is 576 g/mol. The number of anilines is 1. The van der Waals surface area contributed by atoms with Gasteiger partial charge in [0, 0.05) is 63.5 Å². The third kappa shape index (κ3) is 5.43. The van der Waals surface area contributed by atoms with E-state index in [1.165, 1.54) is 24.0 Å². The summed E-state index contributed by atoms with van der Waals surface area (Å²) < 4.78 is 6.53. The van der Waals surface area contributed by atoms with E-state index >= 15 is 0 Å². The van der Waals surface area contributed by atoms with E-state index in [9.17, 15) is 0 Å². The van der Waals surface area contributed by atoms with Crippen LogP contribution in [-0.4, -0.2) is 61.7 Å². The Bertz CT molecular complexity index is 985. The van der Waals surface area contributed by atoms with Crippen LogP contribution in [0, 0.1) is 0 Å². The summed E-state index contributed by atoms with van der Waals surface area (Å²) in [5, 5.41) is 7.26. The van der Waals surface area contributed by atoms with Gasteiger partial charge in [0.1, 0.15) is 17.2 Å². The third-order valence-electron chi connectivity index (χ3n) is 7.36. The number of piperazine rings is 1. The SMILES string of the molecule is CN=C(NCc1cccnc1N1CCN(C)CC1)NC1CC2(CCCC2)Oc2ccccc21.I. The maximum absolute atomic E-state index is 6.53. The number of guanidine groups is 1. The standard InChI is InChI=1S/C26H36N6O.HI/c1-27-25(29-19-20-8-7-13-28-24(20)32-16-14-31(2)15-17-32)30-22-18-26(11-5-6-12-26)33-23-10-4-3-9-21(22)23;/h3-4,7-10,13,22H,5-6,11-12,14-19H2,1-2H3,(H2,27,29,30);1H. The van der Waals surface area contributed by atoms with E-state index in [1.54, 1.807) is 0 Å². The molecule has 184 valence electrons. The quantitative estimate of drug-likeness (QED) is 0.327. The second-order valence-corrected chi connectivity index (χ2v) is 9.63. The highest BCUT2D eigenvalue weighted by Crippen LogP contribution is 2.46. The number of aromatic nitrogens is 1. The highest BCUT2D eigenvalue weighted by Gasteiger charge is 2.43. The molecular weight excluding hydrogens is 539 g/mol. The van der Waals surface area contributed by atoms with Crippen LogP contribution in [0.3, 0.4) is 0 Å². The van der Waals surface area contributed by atoms with Crippen LogP contribution in [0.25, 0.3) is 0 Å². The van der Waals surface area contributed by atoms with Crippen LogP contribution in [0.2, 0.25) is 0 Å². The molecule has 1 aliphatic carbocycles. The van der Waals surface area contributed by atoms with Crippen LogP contribution in [0.1, 0.15) is 49.3 Å². The van der Waals surface area contributed by atoms with E-state index in [0.29, 0.717) is 6.54 Å². The normalized spacial score (nSPS) is 22.0. The number of ether oxygens (including phenoxy) is 1. The van der Waals surface area contributed by atoms with Crippen molar-refractivity contribution in [1.29, 1.82) is 0 Å². The van der Waals surface area contributed by atoms with Crippen molar-refractivity contribution in [3.05, 3.63) is 53.7 Å². The van der Waals surface area contributed by atoms with E-state index in [4.69, 9.17) is 9.72 Å². The first-order chi connectivity index (χ1) is 16.2. The van der Waals surface area contributed by atoms with Crippen molar-refractivity contribution in [2.24, 2.45) is 4.99 Å². The van der Waals surface area contributed by atoms with Crippen molar-refractivity contribution in [3.8, 4) is 5.75 Å². The summed E-state index contributed by atoms with van der Waals surface area (Å²) in [5.74, 6) is 2.91. The number of benzene rings is 1. The van der Waals surface area contributed by atoms with E-state index in [2.05, 4.69) is 62.8 Å². The number of rotatable bonds is 4. The van der Waals surface area contributed by atoms with Crippen molar-refractivity contribution in [3.63, 3.8) is 0 Å². The van der Waals surface area contributed by atoms with Gasteiger partial charge in [-0.3, -0.25) is 4.99 Å². The molecule has 1 saturated heterocycles. The largest absolute Gasteiger partial charge is 0.487 e. The molecule has 2 aromatic rings. The van der Waals surface area contributed by atoms with Crippen LogP contribution >= 0.6 is 24.0 Å². The zero-order valence-corrected chi connectivity index (χ0v) is 22.6. The molecule has 1 atom stereocenters. The minimum absolute atomic E-state index is 0. The van der Waals surface area contributed by atoms with Crippen LogP contribution in [0.4, 0.5) is 5.82 Å². The summed E-state index contributed by atoms with van der Waals surface area (Å²) in [4.78, 5) is 14.0. The lowest BCUT2D eigenvalue weighted by molar-refractivity contribution is 0.0396. The first-order valence-corrected chi connectivity index (χ1v) is 12.3. The minimum atomic E-state index is -0.0389. The topological polar surface area (TPSA) is 65.0 Å². The Labute approximate surface area is 220 Å². The molecule has 34 heavy (non-hydrogen) atoms. The van der Waals surface area contributed by atoms with Crippen LogP contribution in [-0.2, 0) is 6.54 Å². The van der Waals surface area contributed by atoms with Gasteiger partial charge in [-0.15, -0.1) is 24.0 Å². The smallest absolute Gasteiger partial charge is 0.191 e. The first-order valence-electron chi connectivity index (χ1n) is 12.3. The average molecular weight is 577 g/mol. The molecule has 3 heterocycles. The van der Waals surface area contributed by atoms with Gasteiger partial charge in [0.15, 0.2) is 5.96 Å². The van der Waals surface area contributed by atoms with E-state index in [1.807, 2.05) is 19.3 Å². The maximum Gasteiger partial charge on any atom is 0.191 e. The second-order valence-electron chi connectivity index (χ2n) is 9.63. The molecule has 2 N–H and O–H groups in total. The van der Waals surface area contributed by atoms with E-state index in [-0.39, 0.29) is 35.6 Å². The average Bonchev–Trinajstić information content (AvgIpc) is 3.29. The molecule has 0 bridgehead atoms. The fourth-order valence-corrected chi connectivity index (χ4v) is 5.48. The van der Waals surface area contributed by atoms with Gasteiger partial charge >= 0.3 is 0 Å². The zero-order valence-electron chi connectivity index (χ0n) is 20.3. The number of nitrogens with zero attached hydrogens (tertiary/aromatic N) is 4. The number of aliphatic imine (C=N–C) groups is 1. The molecule has 2 aliphatic heterocycles. The highest BCUT2D eigenvalue weighted by atomic mass is 127. The van der Waals surface area contributed by atoms with Gasteiger partial charge < -0.3 is 25.2 Å². The van der Waals surface area contributed by atoms with Gasteiger partial charge in [-0.1, -0.05) is 24.3 Å². The van der Waals surface area contributed by atoms with Gasteiger partial charge in [-0.05, 0) is 44.9 Å². The third-order valence-corrected chi connectivity index (χ3v) is 7.36. The Balaban J connectivity index is 0.00000274. The first kappa shape index (κ1) is 25.0. The number of hydrogen-bond donors (Lipinski definition) is 2. The summed E-state index contributed by atoms with van der Waals surface area (Å²) in [7, 11) is 4.02. The number of pyridine rings is 1. The Hall–Kier alpha value is -2.07. The van der Waals surface area contributed by atoms with Gasteiger partial charge in [-0.25, -0.2) is 4.98 Å². The molecule has 3 aliphatic rings. The zero-order chi connectivity index (χ0) is 22.7. The summed E-state index contributed by atoms with van der Waals surface area (Å²) in [6.45, 7) is 4.84. The Morgan fingerprint density at radius 1 is 1.12 bits per heavy atom. The maximum atomic E-state index is 6.53. The number of nitrogens with one attached hydrogen (secondary N) is 2. The molecule has 0 radical (unpaired) electrons. The Morgan fingerprint density at radius 3 is 2.65 bits per heavy atom. The van der Waals surface area contributed by atoms with E-state index < -0.39 is 0 Å². The van der Waals surface area contributed by atoms with Crippen LogP contribution < -0.4 is 20.3 Å². The molecule has 0 amide bonds. The molecule has 1 aromatic carbocycles. The van der Waals surface area contributed by atoms with Crippen molar-refractivity contribution >= 4 is 35.8 Å². The minimum Gasteiger partial charge on any atom is -0.487 e. The molecule has 1 saturated carbocycles. The van der Waals surface area contributed by atoms with Crippen molar-refractivity contribution in [2.45, 2.75) is 50.3 Å². The number of para-hydroxylation sites is 1. The van der Waals surface area contributed by atoms with Crippen LogP contribution in [0.15, 0.2) is 47.6 Å². The van der Waals surface area contributed by atoms with Gasteiger partial charge in [0.25, 0.3) is 0 Å². The fourth-order valence-electron chi connectivity index (χ4n) is 5.48. The second kappa shape index (κ2) is 11.1. The predicted molar refractivity (Wildman–Crippen MR) is 148 cm³/mol. The number of likely N-dealkylation sites (N-methyl/N-ethyl adjacent to an activating group) is 1.